The average Bonchev–Trinajstić information content (AvgIpc) is 3.24. The van der Waals surface area contributed by atoms with E-state index in [1.165, 1.54) is 0 Å². The molecule has 0 amide bonds. The largest absolute Gasteiger partial charge is 0.508 e. The first-order valence-corrected chi connectivity index (χ1v) is 8.81. The predicted octanol–water partition coefficient (Wildman–Crippen LogP) is 4.64. The lowest BCUT2D eigenvalue weighted by molar-refractivity contribution is 0.475. The normalized spacial score (nSPS) is 11.7. The molecular weight excluding hydrogens is 352 g/mol. The van der Waals surface area contributed by atoms with Gasteiger partial charge in [-0.15, -0.1) is 0 Å². The van der Waals surface area contributed by atoms with E-state index in [-0.39, 0.29) is 11.5 Å². The molecule has 0 bridgehead atoms. The molecule has 28 heavy (non-hydrogen) atoms. The van der Waals surface area contributed by atoms with E-state index in [0.29, 0.717) is 17.3 Å². The number of para-hydroxylation sites is 2. The number of hydrogen-bond donors (Lipinski definition) is 3. The molecule has 6 nitrogen and oxygen atoms in total. The van der Waals surface area contributed by atoms with Crippen molar-refractivity contribution < 1.29 is 10.2 Å². The third-order valence-electron chi connectivity index (χ3n) is 4.61. The van der Waals surface area contributed by atoms with Crippen LogP contribution in [0.4, 0.5) is 5.82 Å². The first-order valence-electron chi connectivity index (χ1n) is 8.81. The fourth-order valence-corrected chi connectivity index (χ4v) is 3.25. The van der Waals surface area contributed by atoms with E-state index in [4.69, 9.17) is 9.98 Å². The SMILES string of the molecule is Oc1ccc(/C=N/c2c(-c3ccc(O)cc3)nc3[nH]c4ccccc4n23)cc1. The monoisotopic (exact) mass is 368 g/mol. The number of phenolic OH excluding ortho intramolecular Hbond substituents is 2. The number of aromatic amines is 1. The van der Waals surface area contributed by atoms with E-state index in [1.54, 1.807) is 42.6 Å². The summed E-state index contributed by atoms with van der Waals surface area (Å²) in [7, 11) is 0. The quantitative estimate of drug-likeness (QED) is 0.405. The Bertz CT molecular complexity index is 1310. The highest BCUT2D eigenvalue weighted by molar-refractivity contribution is 5.89. The van der Waals surface area contributed by atoms with E-state index in [0.717, 1.165) is 22.2 Å². The zero-order valence-electron chi connectivity index (χ0n) is 14.7. The lowest BCUT2D eigenvalue weighted by Gasteiger charge is -2.02. The second kappa shape index (κ2) is 6.28. The maximum atomic E-state index is 9.61. The van der Waals surface area contributed by atoms with Crippen LogP contribution in [0.15, 0.2) is 77.8 Å². The second-order valence-electron chi connectivity index (χ2n) is 6.48. The molecule has 0 aliphatic carbocycles. The third-order valence-corrected chi connectivity index (χ3v) is 4.61. The lowest BCUT2D eigenvalue weighted by atomic mass is 10.1. The number of H-pyrrole nitrogens is 1. The fourth-order valence-electron chi connectivity index (χ4n) is 3.25. The smallest absolute Gasteiger partial charge is 0.214 e. The van der Waals surface area contributed by atoms with Crippen LogP contribution in [-0.2, 0) is 0 Å². The second-order valence-corrected chi connectivity index (χ2v) is 6.48. The molecule has 2 heterocycles. The number of fused-ring (bicyclic) bond motifs is 3. The minimum atomic E-state index is 0.202. The summed E-state index contributed by atoms with van der Waals surface area (Å²) >= 11 is 0. The molecule has 0 aliphatic rings. The Morgan fingerprint density at radius 2 is 1.54 bits per heavy atom. The Morgan fingerprint density at radius 3 is 2.29 bits per heavy atom. The van der Waals surface area contributed by atoms with Crippen LogP contribution in [0.5, 0.6) is 11.5 Å². The van der Waals surface area contributed by atoms with E-state index in [1.807, 2.05) is 40.8 Å². The predicted molar refractivity (Wildman–Crippen MR) is 110 cm³/mol. The number of imidazole rings is 2. The number of phenols is 2. The Kier molecular flexibility index (Phi) is 3.62. The topological polar surface area (TPSA) is 85.9 Å². The molecule has 136 valence electrons. The van der Waals surface area contributed by atoms with E-state index in [2.05, 4.69) is 4.98 Å². The van der Waals surface area contributed by atoms with Crippen LogP contribution in [-0.4, -0.2) is 30.8 Å². The highest BCUT2D eigenvalue weighted by Crippen LogP contribution is 2.34. The van der Waals surface area contributed by atoms with Gasteiger partial charge in [0.2, 0.25) is 5.78 Å². The van der Waals surface area contributed by atoms with Crippen molar-refractivity contribution in [2.75, 3.05) is 0 Å². The highest BCUT2D eigenvalue weighted by Gasteiger charge is 2.17. The van der Waals surface area contributed by atoms with Gasteiger partial charge in [0.05, 0.1) is 11.0 Å². The number of rotatable bonds is 3. The van der Waals surface area contributed by atoms with Crippen molar-refractivity contribution in [1.29, 1.82) is 0 Å². The summed E-state index contributed by atoms with van der Waals surface area (Å²) < 4.78 is 1.98. The van der Waals surface area contributed by atoms with Crippen LogP contribution in [0, 0.1) is 0 Å². The van der Waals surface area contributed by atoms with Gasteiger partial charge in [0.15, 0.2) is 5.82 Å². The van der Waals surface area contributed by atoms with E-state index in [9.17, 15) is 10.2 Å². The molecule has 0 saturated heterocycles. The van der Waals surface area contributed by atoms with Crippen molar-refractivity contribution >= 4 is 28.8 Å². The summed E-state index contributed by atoms with van der Waals surface area (Å²) in [6, 6.07) is 21.7. The van der Waals surface area contributed by atoms with Gasteiger partial charge in [-0.2, -0.15) is 0 Å². The Balaban J connectivity index is 1.73. The van der Waals surface area contributed by atoms with Gasteiger partial charge in [0.25, 0.3) is 0 Å². The average molecular weight is 368 g/mol. The summed E-state index contributed by atoms with van der Waals surface area (Å²) in [5.41, 5.74) is 4.39. The molecule has 0 aliphatic heterocycles. The van der Waals surface area contributed by atoms with Crippen molar-refractivity contribution in [3.05, 3.63) is 78.4 Å². The van der Waals surface area contributed by atoms with Gasteiger partial charge in [-0.1, -0.05) is 12.1 Å². The molecule has 6 heteroatoms. The molecule has 5 rings (SSSR count). The number of aliphatic imine (C=N–C) groups is 1. The molecule has 3 aromatic carbocycles. The van der Waals surface area contributed by atoms with Crippen LogP contribution in [0.25, 0.3) is 28.1 Å². The molecule has 0 spiro atoms. The molecular formula is C22H16N4O2. The Morgan fingerprint density at radius 1 is 0.857 bits per heavy atom. The van der Waals surface area contributed by atoms with Crippen LogP contribution < -0.4 is 0 Å². The third kappa shape index (κ3) is 2.68. The van der Waals surface area contributed by atoms with Crippen molar-refractivity contribution in [2.24, 2.45) is 4.99 Å². The fraction of sp³-hybridized carbons (Fsp3) is 0. The van der Waals surface area contributed by atoms with Crippen LogP contribution in [0.2, 0.25) is 0 Å². The molecule has 0 radical (unpaired) electrons. The van der Waals surface area contributed by atoms with Gasteiger partial charge in [0, 0.05) is 11.8 Å². The number of aromatic nitrogens is 3. The van der Waals surface area contributed by atoms with Gasteiger partial charge in [0.1, 0.15) is 17.2 Å². The van der Waals surface area contributed by atoms with Crippen molar-refractivity contribution in [2.45, 2.75) is 0 Å². The minimum Gasteiger partial charge on any atom is -0.508 e. The van der Waals surface area contributed by atoms with Crippen molar-refractivity contribution in [3.63, 3.8) is 0 Å². The summed E-state index contributed by atoms with van der Waals surface area (Å²) in [6.45, 7) is 0. The van der Waals surface area contributed by atoms with Gasteiger partial charge >= 0.3 is 0 Å². The van der Waals surface area contributed by atoms with E-state index < -0.39 is 0 Å². The van der Waals surface area contributed by atoms with Gasteiger partial charge in [-0.25, -0.2) is 9.98 Å². The van der Waals surface area contributed by atoms with Crippen LogP contribution >= 0.6 is 0 Å². The maximum Gasteiger partial charge on any atom is 0.214 e. The first-order chi connectivity index (χ1) is 13.7. The van der Waals surface area contributed by atoms with Crippen molar-refractivity contribution in [3.8, 4) is 22.8 Å². The number of aromatic hydroxyl groups is 2. The molecule has 0 fully saturated rings. The molecule has 0 saturated carbocycles. The lowest BCUT2D eigenvalue weighted by Crippen LogP contribution is -1.85. The molecule has 5 aromatic rings. The summed E-state index contributed by atoms with van der Waals surface area (Å²) in [4.78, 5) is 12.8. The van der Waals surface area contributed by atoms with Gasteiger partial charge in [-0.3, -0.25) is 4.40 Å². The van der Waals surface area contributed by atoms with Crippen LogP contribution in [0.1, 0.15) is 5.56 Å². The summed E-state index contributed by atoms with van der Waals surface area (Å²) in [6.07, 6.45) is 1.74. The number of nitrogens with one attached hydrogen (secondary N) is 1. The molecule has 0 unspecified atom stereocenters. The molecule has 2 aromatic heterocycles. The standard InChI is InChI=1S/C22H16N4O2/c27-16-9-5-14(6-10-16)13-23-21-20(15-7-11-17(28)12-8-15)25-22-24-18-3-1-2-4-19(18)26(21)22/h1-13,27-28H,(H,24,25)/b23-13+. The van der Waals surface area contributed by atoms with Crippen molar-refractivity contribution in [1.82, 2.24) is 14.4 Å². The van der Waals surface area contributed by atoms with Gasteiger partial charge in [-0.05, 0) is 66.2 Å². The first kappa shape index (κ1) is 16.1. The number of nitrogens with zero attached hydrogens (tertiary/aromatic N) is 3. The molecule has 3 N–H and O–H groups in total. The Hall–Kier alpha value is -4.06. The maximum absolute atomic E-state index is 9.61. The summed E-state index contributed by atoms with van der Waals surface area (Å²) in [5, 5.41) is 19.1. The highest BCUT2D eigenvalue weighted by atomic mass is 16.3. The zero-order valence-corrected chi connectivity index (χ0v) is 14.7. The Labute approximate surface area is 160 Å². The summed E-state index contributed by atoms with van der Waals surface area (Å²) in [5.74, 6) is 1.80. The molecule has 0 atom stereocenters. The van der Waals surface area contributed by atoms with Crippen LogP contribution in [0.3, 0.4) is 0 Å². The van der Waals surface area contributed by atoms with E-state index >= 15 is 0 Å². The minimum absolute atomic E-state index is 0.202. The number of benzene rings is 3. The van der Waals surface area contributed by atoms with Gasteiger partial charge < -0.3 is 15.2 Å². The zero-order chi connectivity index (χ0) is 19.1. The number of hydrogen-bond acceptors (Lipinski definition) is 4.